The highest BCUT2D eigenvalue weighted by Gasteiger charge is 2.37. The zero-order chi connectivity index (χ0) is 27.4. The molecule has 39 heavy (non-hydrogen) atoms. The number of carbonyl (C=O) groups is 2. The summed E-state index contributed by atoms with van der Waals surface area (Å²) in [5.41, 5.74) is 0.868. The first-order valence-corrected chi connectivity index (χ1v) is 14.4. The van der Waals surface area contributed by atoms with Crippen LogP contribution in [0.5, 0.6) is 16.6 Å². The number of carbonyl (C=O) groups excluding carboxylic acids is 2. The molecular formula is C28H24N2O7S2. The van der Waals surface area contributed by atoms with Crippen LogP contribution in [-0.4, -0.2) is 37.6 Å². The number of ether oxygens (including phenoxy) is 3. The lowest BCUT2D eigenvalue weighted by molar-refractivity contribution is -0.125. The number of thiazole rings is 1. The summed E-state index contributed by atoms with van der Waals surface area (Å²) < 4.78 is 41.6. The second-order valence-corrected chi connectivity index (χ2v) is 11.9. The number of benzene rings is 3. The van der Waals surface area contributed by atoms with Crippen LogP contribution in [0.2, 0.25) is 0 Å². The molecule has 3 aromatic carbocycles. The van der Waals surface area contributed by atoms with Gasteiger partial charge in [0, 0.05) is 5.56 Å². The minimum atomic E-state index is -3.36. The van der Waals surface area contributed by atoms with Crippen molar-refractivity contribution in [1.82, 2.24) is 4.98 Å². The van der Waals surface area contributed by atoms with E-state index < -0.39 is 27.8 Å². The Balaban J connectivity index is 1.37. The number of rotatable bonds is 9. The van der Waals surface area contributed by atoms with E-state index in [1.54, 1.807) is 66.9 Å². The molecule has 0 spiro atoms. The molecule has 1 atom stereocenters. The van der Waals surface area contributed by atoms with Gasteiger partial charge in [0.15, 0.2) is 19.7 Å². The van der Waals surface area contributed by atoms with Crippen molar-refractivity contribution in [2.24, 2.45) is 4.99 Å². The summed E-state index contributed by atoms with van der Waals surface area (Å²) in [7, 11) is -2.05. The van der Waals surface area contributed by atoms with Gasteiger partial charge in [-0.3, -0.25) is 4.79 Å². The van der Waals surface area contributed by atoms with E-state index in [9.17, 15) is 18.0 Å². The Morgan fingerprint density at radius 3 is 2.28 bits per heavy atom. The predicted octanol–water partition coefficient (Wildman–Crippen LogP) is 4.84. The number of aromatic amines is 1. The highest BCUT2D eigenvalue weighted by Crippen LogP contribution is 2.34. The van der Waals surface area contributed by atoms with Crippen LogP contribution in [0.25, 0.3) is 0 Å². The molecule has 0 saturated heterocycles. The number of amides is 1. The number of aromatic nitrogens is 1. The second kappa shape index (κ2) is 11.3. The normalized spacial score (nSPS) is 14.4. The summed E-state index contributed by atoms with van der Waals surface area (Å²) in [6.45, 7) is 0. The average Bonchev–Trinajstić information content (AvgIpc) is 3.74. The van der Waals surface area contributed by atoms with Crippen molar-refractivity contribution in [3.63, 3.8) is 0 Å². The smallest absolute Gasteiger partial charge is 0.337 e. The second-order valence-electron chi connectivity index (χ2n) is 8.71. The molecule has 0 bridgehead atoms. The van der Waals surface area contributed by atoms with Crippen molar-refractivity contribution in [2.75, 3.05) is 7.11 Å². The lowest BCUT2D eigenvalue weighted by Gasteiger charge is -2.16. The van der Waals surface area contributed by atoms with Gasteiger partial charge in [-0.25, -0.2) is 13.2 Å². The molecule has 11 heteroatoms. The lowest BCUT2D eigenvalue weighted by Crippen LogP contribution is -2.20. The number of nitrogens with zero attached hydrogens (tertiary/aromatic N) is 1. The van der Waals surface area contributed by atoms with E-state index in [2.05, 4.69) is 9.98 Å². The van der Waals surface area contributed by atoms with Gasteiger partial charge in [0.2, 0.25) is 6.10 Å². The zero-order valence-corrected chi connectivity index (χ0v) is 22.4. The molecule has 200 valence electrons. The third kappa shape index (κ3) is 6.27. The fraction of sp³-hybridized carbons (Fsp3) is 0.179. The van der Waals surface area contributed by atoms with Crippen molar-refractivity contribution in [2.45, 2.75) is 29.1 Å². The van der Waals surface area contributed by atoms with Crippen LogP contribution in [0, 0.1) is 0 Å². The zero-order valence-electron chi connectivity index (χ0n) is 20.8. The Hall–Kier alpha value is -4.22. The molecule has 0 radical (unpaired) electrons. The standard InChI is InChI=1S/C28H24N2O7S2/c1-35-27(32)19-7-11-21(12-8-19)36-24-17-29-28(38-24)30-26(31)25(37-20-5-3-2-4-6-20)18-9-13-22(14-10-18)39(33,34)23-15-16-23/h2-14,17,23,25H,15-16H2,1H3,(H,29,30,31). The van der Waals surface area contributed by atoms with E-state index in [1.165, 1.54) is 19.2 Å². The number of hydrogen-bond donors (Lipinski definition) is 1. The minimum absolute atomic E-state index is 0.226. The van der Waals surface area contributed by atoms with E-state index in [-0.39, 0.29) is 14.9 Å². The Kier molecular flexibility index (Phi) is 7.62. The lowest BCUT2D eigenvalue weighted by atomic mass is 10.1. The summed E-state index contributed by atoms with van der Waals surface area (Å²) in [5.74, 6) is -0.0709. The Bertz CT molecular complexity index is 1640. The molecule has 9 nitrogen and oxygen atoms in total. The highest BCUT2D eigenvalue weighted by molar-refractivity contribution is 7.92. The number of H-pyrrole nitrogens is 1. The molecule has 1 heterocycles. The molecule has 1 fully saturated rings. The number of methoxy groups -OCH3 is 1. The van der Waals surface area contributed by atoms with Crippen LogP contribution in [0.15, 0.2) is 94.9 Å². The fourth-order valence-electron chi connectivity index (χ4n) is 3.73. The summed E-state index contributed by atoms with van der Waals surface area (Å²) in [6, 6.07) is 21.5. The summed E-state index contributed by atoms with van der Waals surface area (Å²) in [6.07, 6.45) is 1.80. The van der Waals surface area contributed by atoms with Gasteiger partial charge in [0.05, 0.1) is 29.0 Å². The maximum absolute atomic E-state index is 13.3. The van der Waals surface area contributed by atoms with Gasteiger partial charge >= 0.3 is 5.97 Å². The van der Waals surface area contributed by atoms with Gasteiger partial charge in [-0.15, -0.1) is 0 Å². The first-order chi connectivity index (χ1) is 18.8. The largest absolute Gasteiger partial charge is 0.476 e. The molecule has 1 amide bonds. The van der Waals surface area contributed by atoms with E-state index in [1.807, 2.05) is 6.07 Å². The Morgan fingerprint density at radius 2 is 1.64 bits per heavy atom. The van der Waals surface area contributed by atoms with Crippen LogP contribution < -0.4 is 14.3 Å². The number of nitrogens with one attached hydrogen (secondary N) is 1. The van der Waals surface area contributed by atoms with Crippen LogP contribution >= 0.6 is 11.3 Å². The Labute approximate surface area is 228 Å². The van der Waals surface area contributed by atoms with Crippen LogP contribution in [0.3, 0.4) is 0 Å². The minimum Gasteiger partial charge on any atom is -0.476 e. The molecule has 1 saturated carbocycles. The molecule has 0 aliphatic heterocycles. The molecule has 4 aromatic rings. The van der Waals surface area contributed by atoms with Crippen molar-refractivity contribution in [3.8, 4) is 16.6 Å². The van der Waals surface area contributed by atoms with Gasteiger partial charge < -0.3 is 19.2 Å². The first kappa shape index (κ1) is 26.4. The third-order valence-electron chi connectivity index (χ3n) is 5.91. The van der Waals surface area contributed by atoms with Gasteiger partial charge in [0.25, 0.3) is 5.91 Å². The SMILES string of the molecule is COC(=O)c1ccc(Oc2c[nH]c(=NC(=O)C(Oc3ccccc3)c3ccc(S(=O)(=O)C4CC4)cc3)s2)cc1. The summed E-state index contributed by atoms with van der Waals surface area (Å²) >= 11 is 1.11. The van der Waals surface area contributed by atoms with Crippen molar-refractivity contribution >= 4 is 33.1 Å². The predicted molar refractivity (Wildman–Crippen MR) is 144 cm³/mol. The highest BCUT2D eigenvalue weighted by atomic mass is 32.2. The Morgan fingerprint density at radius 1 is 0.949 bits per heavy atom. The topological polar surface area (TPSA) is 124 Å². The monoisotopic (exact) mass is 564 g/mol. The maximum Gasteiger partial charge on any atom is 0.337 e. The van der Waals surface area contributed by atoms with E-state index >= 15 is 0 Å². The van der Waals surface area contributed by atoms with Gasteiger partial charge in [-0.05, 0) is 61.4 Å². The maximum atomic E-state index is 13.3. The quantitative estimate of drug-likeness (QED) is 0.289. The molecule has 1 aliphatic rings. The number of para-hydroxylation sites is 1. The molecule has 1 aromatic heterocycles. The third-order valence-corrected chi connectivity index (χ3v) is 9.00. The van der Waals surface area contributed by atoms with Gasteiger partial charge in [-0.1, -0.05) is 41.7 Å². The molecule has 1 unspecified atom stereocenters. The van der Waals surface area contributed by atoms with Gasteiger partial charge in [-0.2, -0.15) is 4.99 Å². The van der Waals surface area contributed by atoms with E-state index in [0.29, 0.717) is 40.5 Å². The molecule has 1 aliphatic carbocycles. The number of esters is 1. The van der Waals surface area contributed by atoms with E-state index in [0.717, 1.165) is 11.3 Å². The van der Waals surface area contributed by atoms with Crippen LogP contribution in [0.1, 0.15) is 34.9 Å². The van der Waals surface area contributed by atoms with Gasteiger partial charge in [0.1, 0.15) is 11.5 Å². The van der Waals surface area contributed by atoms with Crippen LogP contribution in [0.4, 0.5) is 0 Å². The van der Waals surface area contributed by atoms with Crippen molar-refractivity contribution < 1.29 is 32.2 Å². The summed E-state index contributed by atoms with van der Waals surface area (Å²) in [4.78, 5) is 32.5. The average molecular weight is 565 g/mol. The van der Waals surface area contributed by atoms with Crippen molar-refractivity contribution in [1.29, 1.82) is 0 Å². The van der Waals surface area contributed by atoms with Crippen LogP contribution in [-0.2, 0) is 19.4 Å². The molecule has 1 N–H and O–H groups in total. The first-order valence-electron chi connectivity index (χ1n) is 12.0. The number of hydrogen-bond acceptors (Lipinski definition) is 8. The fourth-order valence-corrected chi connectivity index (χ4v) is 6.09. The summed E-state index contributed by atoms with van der Waals surface area (Å²) in [5, 5.41) is 0.121. The molecular weight excluding hydrogens is 540 g/mol. The van der Waals surface area contributed by atoms with E-state index in [4.69, 9.17) is 14.2 Å². The number of sulfone groups is 1. The molecule has 5 rings (SSSR count). The van der Waals surface area contributed by atoms with Crippen molar-refractivity contribution in [3.05, 3.63) is 101 Å².